The van der Waals surface area contributed by atoms with Gasteiger partial charge in [-0.15, -0.1) is 0 Å². The van der Waals surface area contributed by atoms with Crippen LogP contribution in [-0.2, 0) is 28.7 Å². The minimum Gasteiger partial charge on any atom is -0.298 e. The van der Waals surface area contributed by atoms with Crippen LogP contribution < -0.4 is 0 Å². The molecule has 0 aromatic heterocycles. The molecule has 0 spiro atoms. The molecule has 0 bridgehead atoms. The Labute approximate surface area is 190 Å². The summed E-state index contributed by atoms with van der Waals surface area (Å²) < 4.78 is 68.2. The summed E-state index contributed by atoms with van der Waals surface area (Å²) in [5.41, 5.74) is -1.69. The lowest BCUT2D eigenvalue weighted by Gasteiger charge is -2.44. The van der Waals surface area contributed by atoms with Crippen LogP contribution in [0.25, 0.3) is 0 Å². The van der Waals surface area contributed by atoms with Crippen molar-refractivity contribution < 1.29 is 26.7 Å². The minimum atomic E-state index is -5.01. The van der Waals surface area contributed by atoms with Crippen LogP contribution in [0.4, 0.5) is 22.0 Å². The summed E-state index contributed by atoms with van der Waals surface area (Å²) in [6.45, 7) is 3.43. The maximum Gasteiger partial charge on any atom is 0.426 e. The van der Waals surface area contributed by atoms with E-state index in [9.17, 15) is 26.7 Å². The first-order valence-electron chi connectivity index (χ1n) is 11.4. The summed E-state index contributed by atoms with van der Waals surface area (Å²) in [7, 11) is 0. The molecular formula is C26H28F5NO. The number of fused-ring (bicyclic) bond motifs is 3. The van der Waals surface area contributed by atoms with E-state index < -0.39 is 17.3 Å². The van der Waals surface area contributed by atoms with E-state index in [0.717, 1.165) is 23.1 Å². The number of rotatable bonds is 6. The van der Waals surface area contributed by atoms with Crippen molar-refractivity contribution in [3.63, 3.8) is 0 Å². The highest BCUT2D eigenvalue weighted by atomic mass is 19.4. The van der Waals surface area contributed by atoms with Crippen LogP contribution in [-0.4, -0.2) is 36.0 Å². The van der Waals surface area contributed by atoms with Gasteiger partial charge in [0, 0.05) is 17.9 Å². The number of alkyl halides is 4. The van der Waals surface area contributed by atoms with Gasteiger partial charge < -0.3 is 0 Å². The van der Waals surface area contributed by atoms with Crippen molar-refractivity contribution in [1.82, 2.24) is 4.90 Å². The van der Waals surface area contributed by atoms with Gasteiger partial charge in [-0.05, 0) is 73.5 Å². The number of hydrogen-bond acceptors (Lipinski definition) is 2. The molecule has 1 saturated heterocycles. The summed E-state index contributed by atoms with van der Waals surface area (Å²) in [5.74, 6) is -0.190. The number of likely N-dealkylation sites (tertiary alicyclic amines) is 1. The quantitative estimate of drug-likeness (QED) is 0.484. The molecule has 0 N–H and O–H groups in total. The average molecular weight is 466 g/mol. The maximum atomic E-state index is 14.7. The number of carbonyl (C=O) groups excluding carboxylic acids is 1. The maximum absolute atomic E-state index is 14.7. The minimum absolute atomic E-state index is 0.0378. The SMILES string of the molecule is CCC(=O)CN1CC[C@@]2(Cc3ccc(F)cc3)c3ccc(C(C)(F)C(F)(F)F)cc3CC[C@@H]12. The molecule has 0 saturated carbocycles. The highest BCUT2D eigenvalue weighted by molar-refractivity contribution is 5.80. The first-order chi connectivity index (χ1) is 15.5. The number of benzene rings is 2. The zero-order valence-electron chi connectivity index (χ0n) is 18.8. The zero-order chi connectivity index (χ0) is 24.0. The van der Waals surface area contributed by atoms with Crippen molar-refractivity contribution in [3.8, 4) is 0 Å². The number of carbonyl (C=O) groups is 1. The highest BCUT2D eigenvalue weighted by Gasteiger charge is 2.55. The van der Waals surface area contributed by atoms with Gasteiger partial charge in [-0.2, -0.15) is 13.2 Å². The summed E-state index contributed by atoms with van der Waals surface area (Å²) in [4.78, 5) is 14.4. The first-order valence-corrected chi connectivity index (χ1v) is 11.4. The molecule has 0 radical (unpaired) electrons. The van der Waals surface area contributed by atoms with Gasteiger partial charge in [0.05, 0.1) is 6.54 Å². The third kappa shape index (κ3) is 4.20. The van der Waals surface area contributed by atoms with E-state index >= 15 is 0 Å². The predicted octanol–water partition coefficient (Wildman–Crippen LogP) is 6.05. The van der Waals surface area contributed by atoms with Gasteiger partial charge >= 0.3 is 6.18 Å². The monoisotopic (exact) mass is 465 g/mol. The number of Topliss-reactive ketones (excluding diaryl/α,β-unsaturated/α-hetero) is 1. The average Bonchev–Trinajstić information content (AvgIpc) is 3.12. The van der Waals surface area contributed by atoms with Crippen LogP contribution in [0, 0.1) is 5.82 Å². The fraction of sp³-hybridized carbons (Fsp3) is 0.500. The van der Waals surface area contributed by atoms with Crippen LogP contribution in [0.15, 0.2) is 42.5 Å². The number of hydrogen-bond donors (Lipinski definition) is 0. The molecule has 178 valence electrons. The molecule has 3 atom stereocenters. The second-order valence-corrected chi connectivity index (χ2v) is 9.50. The molecule has 2 nitrogen and oxygen atoms in total. The van der Waals surface area contributed by atoms with E-state index in [2.05, 4.69) is 4.90 Å². The number of halogens is 5. The van der Waals surface area contributed by atoms with Crippen molar-refractivity contribution in [1.29, 1.82) is 0 Å². The van der Waals surface area contributed by atoms with Crippen LogP contribution in [0.3, 0.4) is 0 Å². The van der Waals surface area contributed by atoms with Gasteiger partial charge in [-0.25, -0.2) is 8.78 Å². The molecule has 33 heavy (non-hydrogen) atoms. The molecule has 1 heterocycles. The third-order valence-electron chi connectivity index (χ3n) is 7.53. The van der Waals surface area contributed by atoms with Crippen LogP contribution >= 0.6 is 0 Å². The predicted molar refractivity (Wildman–Crippen MR) is 116 cm³/mol. The van der Waals surface area contributed by atoms with Gasteiger partial charge in [-0.1, -0.05) is 37.3 Å². The highest BCUT2D eigenvalue weighted by Crippen LogP contribution is 2.50. The molecule has 0 amide bonds. The fourth-order valence-corrected chi connectivity index (χ4v) is 5.62. The van der Waals surface area contributed by atoms with E-state index in [0.29, 0.717) is 45.7 Å². The molecule has 4 rings (SSSR count). The summed E-state index contributed by atoms with van der Waals surface area (Å²) in [6, 6.07) is 10.6. The van der Waals surface area contributed by atoms with Gasteiger partial charge in [0.15, 0.2) is 0 Å². The van der Waals surface area contributed by atoms with Crippen molar-refractivity contribution in [3.05, 3.63) is 70.5 Å². The first kappa shape index (κ1) is 23.9. The Morgan fingerprint density at radius 2 is 1.82 bits per heavy atom. The second kappa shape index (κ2) is 8.49. The molecule has 1 unspecified atom stereocenters. The lowest BCUT2D eigenvalue weighted by atomic mass is 9.63. The Bertz CT molecular complexity index is 1030. The summed E-state index contributed by atoms with van der Waals surface area (Å²) in [5, 5.41) is 0. The Hall–Kier alpha value is -2.28. The van der Waals surface area contributed by atoms with Crippen LogP contribution in [0.5, 0.6) is 0 Å². The topological polar surface area (TPSA) is 20.3 Å². The smallest absolute Gasteiger partial charge is 0.298 e. The van der Waals surface area contributed by atoms with Crippen molar-refractivity contribution in [2.75, 3.05) is 13.1 Å². The van der Waals surface area contributed by atoms with Crippen molar-refractivity contribution >= 4 is 5.78 Å². The number of aryl methyl sites for hydroxylation is 1. The van der Waals surface area contributed by atoms with E-state index in [1.165, 1.54) is 24.3 Å². The Morgan fingerprint density at radius 1 is 1.12 bits per heavy atom. The summed E-state index contributed by atoms with van der Waals surface area (Å²) in [6.07, 6.45) is -2.07. The second-order valence-electron chi connectivity index (χ2n) is 9.50. The van der Waals surface area contributed by atoms with E-state index in [1.54, 1.807) is 18.2 Å². The third-order valence-corrected chi connectivity index (χ3v) is 7.53. The van der Waals surface area contributed by atoms with E-state index in [1.807, 2.05) is 6.92 Å². The molecule has 2 aromatic rings. The number of nitrogens with zero attached hydrogens (tertiary/aromatic N) is 1. The van der Waals surface area contributed by atoms with Gasteiger partial charge in [0.25, 0.3) is 0 Å². The molecule has 2 aromatic carbocycles. The Balaban J connectivity index is 1.77. The largest absolute Gasteiger partial charge is 0.426 e. The van der Waals surface area contributed by atoms with Crippen molar-refractivity contribution in [2.24, 2.45) is 0 Å². The summed E-state index contributed by atoms with van der Waals surface area (Å²) >= 11 is 0. The molecule has 7 heteroatoms. The van der Waals surface area contributed by atoms with Crippen molar-refractivity contribution in [2.45, 2.75) is 69.3 Å². The molecule has 1 fully saturated rings. The Kier molecular flexibility index (Phi) is 6.14. The van der Waals surface area contributed by atoms with E-state index in [4.69, 9.17) is 0 Å². The lowest BCUT2D eigenvalue weighted by Crippen LogP contribution is -2.48. The van der Waals surface area contributed by atoms with Crippen LogP contribution in [0.1, 0.15) is 55.4 Å². The molecule has 2 aliphatic rings. The van der Waals surface area contributed by atoms with Gasteiger partial charge in [0.2, 0.25) is 5.67 Å². The zero-order valence-corrected chi connectivity index (χ0v) is 18.8. The standard InChI is InChI=1S/C26H28F5NO/c1-3-21(33)16-32-13-12-25(15-17-4-8-20(27)9-5-17)22-10-7-19(24(2,28)26(29,30)31)14-18(22)6-11-23(25)32/h4-5,7-10,14,23H,3,6,11-13,15-16H2,1-2H3/t23-,24?,25-/m1/s1. The van der Waals surface area contributed by atoms with Gasteiger partial charge in [0.1, 0.15) is 11.6 Å². The van der Waals surface area contributed by atoms with Gasteiger partial charge in [-0.3, -0.25) is 9.69 Å². The molecule has 1 aliphatic heterocycles. The normalized spacial score (nSPS) is 24.8. The molecule has 1 aliphatic carbocycles. The lowest BCUT2D eigenvalue weighted by molar-refractivity contribution is -0.228. The van der Waals surface area contributed by atoms with Crippen LogP contribution in [0.2, 0.25) is 0 Å². The Morgan fingerprint density at radius 3 is 2.45 bits per heavy atom. The number of ketones is 1. The fourth-order valence-electron chi connectivity index (χ4n) is 5.62. The van der Waals surface area contributed by atoms with E-state index in [-0.39, 0.29) is 23.2 Å². The molecular weight excluding hydrogens is 437 g/mol.